The molecule has 0 fully saturated rings. The summed E-state index contributed by atoms with van der Waals surface area (Å²) in [6, 6.07) is 7.90. The third-order valence-electron chi connectivity index (χ3n) is 2.71. The van der Waals surface area contributed by atoms with E-state index in [1.54, 1.807) is 25.1 Å². The lowest BCUT2D eigenvalue weighted by atomic mass is 10.0. The molecular weight excluding hydrogens is 256 g/mol. The number of aromatic carboxylic acids is 1. The second-order valence-electron chi connectivity index (χ2n) is 3.86. The Morgan fingerprint density at radius 3 is 2.67 bits per heavy atom. The van der Waals surface area contributed by atoms with Crippen molar-refractivity contribution in [1.82, 2.24) is 0 Å². The molecule has 2 aromatic rings. The number of furan rings is 1. The molecule has 0 saturated carbocycles. The van der Waals surface area contributed by atoms with Crippen LogP contribution in [0.15, 0.2) is 34.7 Å². The highest BCUT2D eigenvalue weighted by Gasteiger charge is 2.19. The summed E-state index contributed by atoms with van der Waals surface area (Å²) >= 11 is 5.97. The van der Waals surface area contributed by atoms with E-state index in [1.165, 1.54) is 12.1 Å². The minimum Gasteiger partial charge on any atom is -0.475 e. The van der Waals surface area contributed by atoms with Gasteiger partial charge < -0.3 is 14.6 Å². The van der Waals surface area contributed by atoms with Gasteiger partial charge in [-0.1, -0.05) is 23.7 Å². The molecule has 2 N–H and O–H groups in total. The van der Waals surface area contributed by atoms with Gasteiger partial charge in [0.15, 0.2) is 0 Å². The first kappa shape index (κ1) is 12.7. The summed E-state index contributed by atoms with van der Waals surface area (Å²) in [5, 5.41) is 19.4. The Morgan fingerprint density at radius 2 is 2.06 bits per heavy atom. The van der Waals surface area contributed by atoms with Gasteiger partial charge in [-0.15, -0.1) is 0 Å². The molecule has 0 spiro atoms. The zero-order chi connectivity index (χ0) is 13.3. The van der Waals surface area contributed by atoms with E-state index < -0.39 is 12.1 Å². The highest BCUT2D eigenvalue weighted by Crippen LogP contribution is 2.29. The standard InChI is InChI=1S/C13H11ClO4/c1-7-8(3-2-4-9(7)14)12(15)10-5-6-11(18-10)13(16)17/h2-6,12,15H,1H3,(H,16,17). The third kappa shape index (κ3) is 2.25. The van der Waals surface area contributed by atoms with Crippen LogP contribution in [0.4, 0.5) is 0 Å². The highest BCUT2D eigenvalue weighted by atomic mass is 35.5. The van der Waals surface area contributed by atoms with Gasteiger partial charge >= 0.3 is 5.97 Å². The summed E-state index contributed by atoms with van der Waals surface area (Å²) < 4.78 is 5.06. The molecule has 1 heterocycles. The Kier molecular flexibility index (Phi) is 3.41. The molecule has 4 nitrogen and oxygen atoms in total. The molecule has 2 rings (SSSR count). The predicted molar refractivity (Wildman–Crippen MR) is 65.9 cm³/mol. The maximum Gasteiger partial charge on any atom is 0.371 e. The van der Waals surface area contributed by atoms with Crippen LogP contribution in [0.1, 0.15) is 33.5 Å². The van der Waals surface area contributed by atoms with E-state index in [4.69, 9.17) is 21.1 Å². The smallest absolute Gasteiger partial charge is 0.371 e. The molecule has 1 unspecified atom stereocenters. The van der Waals surface area contributed by atoms with E-state index in [0.29, 0.717) is 10.6 Å². The van der Waals surface area contributed by atoms with Crippen LogP contribution in [-0.2, 0) is 0 Å². The summed E-state index contributed by atoms with van der Waals surface area (Å²) in [7, 11) is 0. The van der Waals surface area contributed by atoms with E-state index in [0.717, 1.165) is 5.56 Å². The fourth-order valence-corrected chi connectivity index (χ4v) is 1.87. The van der Waals surface area contributed by atoms with Crippen LogP contribution in [0.3, 0.4) is 0 Å². The largest absolute Gasteiger partial charge is 0.475 e. The molecule has 1 aromatic carbocycles. The lowest BCUT2D eigenvalue weighted by Crippen LogP contribution is -2.01. The van der Waals surface area contributed by atoms with Crippen molar-refractivity contribution in [2.24, 2.45) is 0 Å². The maximum atomic E-state index is 10.7. The van der Waals surface area contributed by atoms with Crippen molar-refractivity contribution >= 4 is 17.6 Å². The van der Waals surface area contributed by atoms with Gasteiger partial charge in [0.05, 0.1) is 0 Å². The lowest BCUT2D eigenvalue weighted by Gasteiger charge is -2.12. The number of hydrogen-bond donors (Lipinski definition) is 2. The fourth-order valence-electron chi connectivity index (χ4n) is 1.69. The lowest BCUT2D eigenvalue weighted by molar-refractivity contribution is 0.0655. The summed E-state index contributed by atoms with van der Waals surface area (Å²) in [6.45, 7) is 1.78. The van der Waals surface area contributed by atoms with E-state index in [2.05, 4.69) is 0 Å². The van der Waals surface area contributed by atoms with Crippen LogP contribution in [0.2, 0.25) is 5.02 Å². The predicted octanol–water partition coefficient (Wildman–Crippen LogP) is 3.02. The number of carbonyl (C=O) groups is 1. The van der Waals surface area contributed by atoms with Crippen molar-refractivity contribution in [2.45, 2.75) is 13.0 Å². The first-order valence-electron chi connectivity index (χ1n) is 5.27. The summed E-state index contributed by atoms with van der Waals surface area (Å²) in [6.07, 6.45) is -1.03. The van der Waals surface area contributed by atoms with Crippen molar-refractivity contribution in [3.8, 4) is 0 Å². The van der Waals surface area contributed by atoms with Crippen molar-refractivity contribution in [1.29, 1.82) is 0 Å². The Hall–Kier alpha value is -1.78. The minimum absolute atomic E-state index is 0.178. The van der Waals surface area contributed by atoms with Crippen molar-refractivity contribution in [2.75, 3.05) is 0 Å². The Bertz CT molecular complexity index is 588. The quantitative estimate of drug-likeness (QED) is 0.896. The first-order valence-corrected chi connectivity index (χ1v) is 5.64. The average molecular weight is 267 g/mol. The van der Waals surface area contributed by atoms with Crippen molar-refractivity contribution < 1.29 is 19.4 Å². The summed E-state index contributed by atoms with van der Waals surface area (Å²) in [5.74, 6) is -1.20. The molecule has 5 heteroatoms. The molecule has 94 valence electrons. The van der Waals surface area contributed by atoms with E-state index in [1.807, 2.05) is 0 Å². The van der Waals surface area contributed by atoms with Crippen LogP contribution in [0, 0.1) is 6.92 Å². The zero-order valence-electron chi connectivity index (χ0n) is 9.55. The number of aliphatic hydroxyl groups is 1. The molecule has 0 aliphatic rings. The molecule has 0 saturated heterocycles. The van der Waals surface area contributed by atoms with Gasteiger partial charge in [0.1, 0.15) is 11.9 Å². The van der Waals surface area contributed by atoms with Crippen LogP contribution in [-0.4, -0.2) is 16.2 Å². The first-order chi connectivity index (χ1) is 8.50. The summed E-state index contributed by atoms with van der Waals surface area (Å²) in [4.78, 5) is 10.7. The van der Waals surface area contributed by atoms with Gasteiger partial charge in [-0.25, -0.2) is 4.79 Å². The van der Waals surface area contributed by atoms with Gasteiger partial charge in [-0.05, 0) is 36.2 Å². The second-order valence-corrected chi connectivity index (χ2v) is 4.27. The van der Waals surface area contributed by atoms with Crippen LogP contribution in [0.25, 0.3) is 0 Å². The number of benzene rings is 1. The molecule has 0 radical (unpaired) electrons. The van der Waals surface area contributed by atoms with E-state index in [-0.39, 0.29) is 11.5 Å². The molecule has 0 amide bonds. The number of halogens is 1. The Balaban J connectivity index is 2.38. The number of aliphatic hydroxyl groups excluding tert-OH is 1. The Morgan fingerprint density at radius 1 is 1.33 bits per heavy atom. The van der Waals surface area contributed by atoms with Gasteiger partial charge in [0, 0.05) is 5.02 Å². The van der Waals surface area contributed by atoms with Gasteiger partial charge in [0.2, 0.25) is 5.76 Å². The maximum absolute atomic E-state index is 10.7. The zero-order valence-corrected chi connectivity index (χ0v) is 10.3. The van der Waals surface area contributed by atoms with Crippen LogP contribution < -0.4 is 0 Å². The SMILES string of the molecule is Cc1c(Cl)cccc1C(O)c1ccc(C(=O)O)o1. The topological polar surface area (TPSA) is 70.7 Å². The molecule has 18 heavy (non-hydrogen) atoms. The molecule has 0 aliphatic heterocycles. The number of rotatable bonds is 3. The average Bonchev–Trinajstić information content (AvgIpc) is 2.81. The van der Waals surface area contributed by atoms with Crippen molar-refractivity contribution in [3.05, 3.63) is 58.0 Å². The fraction of sp³-hybridized carbons (Fsp3) is 0.154. The monoisotopic (exact) mass is 266 g/mol. The molecule has 1 atom stereocenters. The minimum atomic E-state index is -1.17. The van der Waals surface area contributed by atoms with Crippen LogP contribution in [0.5, 0.6) is 0 Å². The van der Waals surface area contributed by atoms with Crippen molar-refractivity contribution in [3.63, 3.8) is 0 Å². The molecular formula is C13H11ClO4. The van der Waals surface area contributed by atoms with Gasteiger partial charge in [-0.2, -0.15) is 0 Å². The van der Waals surface area contributed by atoms with Gasteiger partial charge in [0.25, 0.3) is 0 Å². The highest BCUT2D eigenvalue weighted by molar-refractivity contribution is 6.31. The summed E-state index contributed by atoms with van der Waals surface area (Å²) in [5.41, 5.74) is 1.33. The molecule has 0 aliphatic carbocycles. The number of hydrogen-bond acceptors (Lipinski definition) is 3. The third-order valence-corrected chi connectivity index (χ3v) is 3.12. The van der Waals surface area contributed by atoms with Crippen LogP contribution >= 0.6 is 11.6 Å². The molecule has 1 aromatic heterocycles. The second kappa shape index (κ2) is 4.84. The van der Waals surface area contributed by atoms with Gasteiger partial charge in [-0.3, -0.25) is 0 Å². The van der Waals surface area contributed by atoms with E-state index in [9.17, 15) is 9.90 Å². The van der Waals surface area contributed by atoms with E-state index >= 15 is 0 Å². The normalized spacial score (nSPS) is 12.4. The number of carboxylic acid groups (broad SMARTS) is 1. The number of carboxylic acids is 1. The Labute approximate surface area is 108 Å². The molecule has 0 bridgehead atoms.